The van der Waals surface area contributed by atoms with E-state index in [9.17, 15) is 0 Å². The van der Waals surface area contributed by atoms with E-state index in [1.807, 2.05) is 32.3 Å². The Labute approximate surface area is 214 Å². The second-order valence-corrected chi connectivity index (χ2v) is 8.80. The molecule has 0 spiro atoms. The summed E-state index contributed by atoms with van der Waals surface area (Å²) in [5.74, 6) is 0.470. The second-order valence-electron chi connectivity index (χ2n) is 8.80. The minimum Gasteiger partial charge on any atom is -0.488 e. The predicted molar refractivity (Wildman–Crippen MR) is 143 cm³/mol. The summed E-state index contributed by atoms with van der Waals surface area (Å²) < 4.78 is 29.2. The van der Waals surface area contributed by atoms with Crippen LogP contribution in [0.4, 0.5) is 21.6 Å². The van der Waals surface area contributed by atoms with E-state index in [2.05, 4.69) is 44.0 Å². The third-order valence-corrected chi connectivity index (χ3v) is 6.35. The summed E-state index contributed by atoms with van der Waals surface area (Å²) >= 11 is 0. The molecule has 10 heteroatoms. The molecule has 0 saturated carbocycles. The minimum atomic E-state index is -0.502. The van der Waals surface area contributed by atoms with E-state index < -0.39 is 5.82 Å². The minimum absolute atomic E-state index is 0.0124. The molecule has 2 N–H and O–H groups in total. The standard InChI is InChI=1S/C27H28FN7O2/c1-5-19-20(29-3)6-7-21(26(19)28)34-27-25-22(31-15-32-27)10-17(18-12-33-35(4)13-18)11-24(25)37-16(2)23-14-36-9-8-30-23/h5-7,10-13,15-16,23,30H,1,3,8-9,14H2,2,4H3,(H,31,32,34). The SMILES string of the molecule is C=Cc1c(N=C)ccc(Nc2ncnc3cc(-c4cnn(C)c4)cc(OC(C)C4COCCN4)c23)c1F. The summed E-state index contributed by atoms with van der Waals surface area (Å²) in [6.45, 7) is 11.2. The van der Waals surface area contributed by atoms with E-state index in [1.165, 1.54) is 12.4 Å². The van der Waals surface area contributed by atoms with Crippen molar-refractivity contribution in [2.45, 2.75) is 19.1 Å². The molecule has 37 heavy (non-hydrogen) atoms. The van der Waals surface area contributed by atoms with Crippen molar-refractivity contribution in [2.24, 2.45) is 12.0 Å². The normalized spacial score (nSPS) is 16.4. The Morgan fingerprint density at radius 2 is 2.19 bits per heavy atom. The van der Waals surface area contributed by atoms with Crippen LogP contribution < -0.4 is 15.4 Å². The number of anilines is 2. The van der Waals surface area contributed by atoms with Crippen molar-refractivity contribution in [3.05, 3.63) is 60.9 Å². The highest BCUT2D eigenvalue weighted by molar-refractivity contribution is 5.98. The van der Waals surface area contributed by atoms with E-state index >= 15 is 4.39 Å². The summed E-state index contributed by atoms with van der Waals surface area (Å²) in [6.07, 6.45) is 6.34. The van der Waals surface area contributed by atoms with Gasteiger partial charge in [0.05, 0.1) is 47.7 Å². The smallest absolute Gasteiger partial charge is 0.156 e. The fraction of sp³-hybridized carbons (Fsp3) is 0.259. The number of aromatic nitrogens is 4. The molecule has 4 aromatic rings. The molecule has 0 bridgehead atoms. The first-order valence-electron chi connectivity index (χ1n) is 11.9. The molecular weight excluding hydrogens is 473 g/mol. The fourth-order valence-corrected chi connectivity index (χ4v) is 4.39. The van der Waals surface area contributed by atoms with Gasteiger partial charge in [-0.2, -0.15) is 5.10 Å². The van der Waals surface area contributed by atoms with Crippen LogP contribution in [0.5, 0.6) is 5.75 Å². The highest BCUT2D eigenvalue weighted by Crippen LogP contribution is 2.38. The number of aliphatic imine (C=N–C) groups is 1. The van der Waals surface area contributed by atoms with Gasteiger partial charge in [-0.15, -0.1) is 0 Å². The number of hydrogen-bond donors (Lipinski definition) is 2. The van der Waals surface area contributed by atoms with Crippen LogP contribution in [0.1, 0.15) is 12.5 Å². The number of benzene rings is 2. The zero-order valence-corrected chi connectivity index (χ0v) is 20.7. The Kier molecular flexibility index (Phi) is 6.93. The summed E-state index contributed by atoms with van der Waals surface area (Å²) in [5, 5.41) is 11.5. The lowest BCUT2D eigenvalue weighted by Crippen LogP contribution is -2.49. The highest BCUT2D eigenvalue weighted by Gasteiger charge is 2.24. The summed E-state index contributed by atoms with van der Waals surface area (Å²) in [5.41, 5.74) is 3.34. The Hall–Kier alpha value is -4.15. The first-order chi connectivity index (χ1) is 18.0. The number of morpholine rings is 1. The second kappa shape index (κ2) is 10.5. The molecule has 1 aliphatic heterocycles. The van der Waals surface area contributed by atoms with E-state index in [0.29, 0.717) is 41.4 Å². The van der Waals surface area contributed by atoms with E-state index in [4.69, 9.17) is 9.47 Å². The number of ether oxygens (including phenoxy) is 2. The zero-order chi connectivity index (χ0) is 25.9. The third-order valence-electron chi connectivity index (χ3n) is 6.35. The first kappa shape index (κ1) is 24.5. The van der Waals surface area contributed by atoms with Gasteiger partial charge in [-0.1, -0.05) is 12.7 Å². The van der Waals surface area contributed by atoms with Crippen LogP contribution in [0.25, 0.3) is 28.1 Å². The number of nitrogens with one attached hydrogen (secondary N) is 2. The van der Waals surface area contributed by atoms with Crippen molar-refractivity contribution in [1.29, 1.82) is 0 Å². The average molecular weight is 502 g/mol. The molecule has 0 amide bonds. The van der Waals surface area contributed by atoms with Crippen molar-refractivity contribution in [2.75, 3.05) is 25.1 Å². The summed E-state index contributed by atoms with van der Waals surface area (Å²) in [6, 6.07) is 7.15. The van der Waals surface area contributed by atoms with Gasteiger partial charge in [0.25, 0.3) is 0 Å². The molecule has 2 unspecified atom stereocenters. The van der Waals surface area contributed by atoms with Gasteiger partial charge in [-0.05, 0) is 43.5 Å². The van der Waals surface area contributed by atoms with Crippen molar-refractivity contribution in [1.82, 2.24) is 25.1 Å². The van der Waals surface area contributed by atoms with Crippen LogP contribution in [-0.2, 0) is 11.8 Å². The van der Waals surface area contributed by atoms with Crippen LogP contribution in [0.2, 0.25) is 0 Å². The average Bonchev–Trinajstić information content (AvgIpc) is 3.36. The van der Waals surface area contributed by atoms with Crippen molar-refractivity contribution >= 4 is 40.9 Å². The molecule has 9 nitrogen and oxygen atoms in total. The summed E-state index contributed by atoms with van der Waals surface area (Å²) in [4.78, 5) is 12.8. The Bertz CT molecular complexity index is 1460. The van der Waals surface area contributed by atoms with E-state index in [0.717, 1.165) is 17.7 Å². The number of fused-ring (bicyclic) bond motifs is 1. The Morgan fingerprint density at radius 1 is 1.32 bits per heavy atom. The topological polar surface area (TPSA) is 98.5 Å². The largest absolute Gasteiger partial charge is 0.488 e. The number of halogens is 1. The maximum absolute atomic E-state index is 15.3. The molecule has 0 aliphatic carbocycles. The Morgan fingerprint density at radius 3 is 2.89 bits per heavy atom. The molecule has 1 saturated heterocycles. The Balaban J connectivity index is 1.61. The van der Waals surface area contributed by atoms with Gasteiger partial charge in [0, 0.05) is 30.9 Å². The molecule has 3 heterocycles. The lowest BCUT2D eigenvalue weighted by Gasteiger charge is -2.30. The first-order valence-corrected chi connectivity index (χ1v) is 11.9. The van der Waals surface area contributed by atoms with Gasteiger partial charge in [-0.3, -0.25) is 9.67 Å². The number of hydrogen-bond acceptors (Lipinski definition) is 8. The lowest BCUT2D eigenvalue weighted by molar-refractivity contribution is 0.0342. The van der Waals surface area contributed by atoms with Gasteiger partial charge in [0.1, 0.15) is 24.0 Å². The predicted octanol–water partition coefficient (Wildman–Crippen LogP) is 4.64. The van der Waals surface area contributed by atoms with E-state index in [1.54, 1.807) is 23.0 Å². The van der Waals surface area contributed by atoms with Crippen LogP contribution in [0, 0.1) is 5.82 Å². The maximum Gasteiger partial charge on any atom is 0.156 e. The molecule has 0 radical (unpaired) electrons. The molecule has 1 fully saturated rings. The number of aryl methyl sites for hydroxylation is 1. The third kappa shape index (κ3) is 4.93. The van der Waals surface area contributed by atoms with Crippen molar-refractivity contribution in [3.63, 3.8) is 0 Å². The quantitative estimate of drug-likeness (QED) is 0.339. The van der Waals surface area contributed by atoms with Crippen LogP contribution in [0.3, 0.4) is 0 Å². The van der Waals surface area contributed by atoms with Crippen molar-refractivity contribution in [3.8, 4) is 16.9 Å². The molecular formula is C27H28FN7O2. The molecule has 2 aromatic heterocycles. The highest BCUT2D eigenvalue weighted by atomic mass is 19.1. The van der Waals surface area contributed by atoms with Crippen LogP contribution in [0.15, 0.2) is 54.6 Å². The monoisotopic (exact) mass is 501 g/mol. The maximum atomic E-state index is 15.3. The lowest BCUT2D eigenvalue weighted by atomic mass is 10.1. The number of rotatable bonds is 8. The summed E-state index contributed by atoms with van der Waals surface area (Å²) in [7, 11) is 1.86. The number of nitrogens with zero attached hydrogens (tertiary/aromatic N) is 5. The molecule has 190 valence electrons. The molecule has 2 aromatic carbocycles. The molecule has 2 atom stereocenters. The zero-order valence-electron chi connectivity index (χ0n) is 20.7. The van der Waals surface area contributed by atoms with Gasteiger partial charge in [0.15, 0.2) is 5.82 Å². The van der Waals surface area contributed by atoms with Crippen LogP contribution >= 0.6 is 0 Å². The van der Waals surface area contributed by atoms with Gasteiger partial charge in [0.2, 0.25) is 0 Å². The molecule has 5 rings (SSSR count). The van der Waals surface area contributed by atoms with Crippen molar-refractivity contribution < 1.29 is 13.9 Å². The van der Waals surface area contributed by atoms with Gasteiger partial charge in [-0.25, -0.2) is 14.4 Å². The van der Waals surface area contributed by atoms with E-state index in [-0.39, 0.29) is 23.4 Å². The van der Waals surface area contributed by atoms with Crippen LogP contribution in [-0.4, -0.2) is 58.4 Å². The fourth-order valence-electron chi connectivity index (χ4n) is 4.39. The van der Waals surface area contributed by atoms with Gasteiger partial charge < -0.3 is 20.1 Å². The van der Waals surface area contributed by atoms with Gasteiger partial charge >= 0.3 is 0 Å². The molecule has 1 aliphatic rings.